The lowest BCUT2D eigenvalue weighted by atomic mass is 10.2. The summed E-state index contributed by atoms with van der Waals surface area (Å²) in [4.78, 5) is 18.6. The molecule has 1 aliphatic heterocycles. The van der Waals surface area contributed by atoms with Gasteiger partial charge in [0, 0.05) is 25.9 Å². The molecular formula is C18H28N2O4. The molecule has 6 nitrogen and oxygen atoms in total. The summed E-state index contributed by atoms with van der Waals surface area (Å²) in [7, 11) is 0. The Balaban J connectivity index is 1.74. The van der Waals surface area contributed by atoms with Crippen LogP contribution in [0, 0.1) is 0 Å². The second-order valence-corrected chi connectivity index (χ2v) is 5.80. The van der Waals surface area contributed by atoms with Crippen molar-refractivity contribution < 1.29 is 19.0 Å². The van der Waals surface area contributed by atoms with Crippen LogP contribution >= 0.6 is 0 Å². The molecule has 0 radical (unpaired) electrons. The van der Waals surface area contributed by atoms with Crippen molar-refractivity contribution in [2.24, 2.45) is 0 Å². The summed E-state index contributed by atoms with van der Waals surface area (Å²) < 4.78 is 16.2. The smallest absolute Gasteiger partial charge is 0.340 e. The fraction of sp³-hybridized carbons (Fsp3) is 0.667. The molecule has 0 saturated carbocycles. The van der Waals surface area contributed by atoms with E-state index in [1.807, 2.05) is 0 Å². The number of aromatic nitrogens is 1. The Labute approximate surface area is 144 Å². The van der Waals surface area contributed by atoms with E-state index in [4.69, 9.17) is 14.2 Å². The van der Waals surface area contributed by atoms with Crippen LogP contribution in [0.4, 0.5) is 5.69 Å². The first kappa shape index (κ1) is 18.7. The second-order valence-electron chi connectivity index (χ2n) is 5.80. The number of hydrogen-bond acceptors (Lipinski definition) is 6. The summed E-state index contributed by atoms with van der Waals surface area (Å²) in [5, 5.41) is 0. The van der Waals surface area contributed by atoms with Gasteiger partial charge in [-0.2, -0.15) is 0 Å². The van der Waals surface area contributed by atoms with Gasteiger partial charge in [-0.3, -0.25) is 4.98 Å². The van der Waals surface area contributed by atoms with Crippen molar-refractivity contribution in [3.8, 4) is 0 Å². The Hall–Kier alpha value is -1.66. The van der Waals surface area contributed by atoms with Crippen molar-refractivity contribution in [2.75, 3.05) is 51.0 Å². The number of unbranched alkanes of at least 4 members (excludes halogenated alkanes) is 3. The van der Waals surface area contributed by atoms with Gasteiger partial charge in [0.05, 0.1) is 37.3 Å². The highest BCUT2D eigenvalue weighted by molar-refractivity contribution is 5.95. The maximum Gasteiger partial charge on any atom is 0.340 e. The quantitative estimate of drug-likeness (QED) is 0.483. The van der Waals surface area contributed by atoms with Gasteiger partial charge >= 0.3 is 5.97 Å². The number of ether oxygens (including phenoxy) is 3. The lowest BCUT2D eigenvalue weighted by Gasteiger charge is -2.29. The topological polar surface area (TPSA) is 60.9 Å². The average Bonchev–Trinajstić information content (AvgIpc) is 2.64. The van der Waals surface area contributed by atoms with Crippen molar-refractivity contribution in [1.82, 2.24) is 4.98 Å². The largest absolute Gasteiger partial charge is 0.460 e. The van der Waals surface area contributed by atoms with Gasteiger partial charge in [0.25, 0.3) is 0 Å². The maximum absolute atomic E-state index is 12.3. The predicted molar refractivity (Wildman–Crippen MR) is 92.5 cm³/mol. The van der Waals surface area contributed by atoms with Crippen LogP contribution in [-0.4, -0.2) is 57.1 Å². The van der Waals surface area contributed by atoms with Gasteiger partial charge in [-0.1, -0.05) is 26.2 Å². The molecule has 0 N–H and O–H groups in total. The molecule has 6 heteroatoms. The van der Waals surface area contributed by atoms with Crippen LogP contribution in [0.2, 0.25) is 0 Å². The molecule has 134 valence electrons. The number of morpholine rings is 1. The van der Waals surface area contributed by atoms with Crippen LogP contribution in [0.5, 0.6) is 0 Å². The van der Waals surface area contributed by atoms with E-state index in [2.05, 4.69) is 16.8 Å². The standard InChI is InChI=1S/C18H28N2O4/c1-2-3-4-5-10-22-13-14-24-18(21)16-6-7-19-15-17(16)20-8-11-23-12-9-20/h6-7,15H,2-5,8-14H2,1H3. The highest BCUT2D eigenvalue weighted by Crippen LogP contribution is 2.21. The molecule has 24 heavy (non-hydrogen) atoms. The Kier molecular flexibility index (Phi) is 8.55. The SMILES string of the molecule is CCCCCCOCCOC(=O)c1ccncc1N1CCOCC1. The van der Waals surface area contributed by atoms with E-state index in [0.29, 0.717) is 25.4 Å². The molecule has 0 amide bonds. The minimum Gasteiger partial charge on any atom is -0.460 e. The zero-order valence-electron chi connectivity index (χ0n) is 14.5. The molecule has 0 bridgehead atoms. The fourth-order valence-electron chi connectivity index (χ4n) is 2.62. The van der Waals surface area contributed by atoms with Crippen molar-refractivity contribution in [3.63, 3.8) is 0 Å². The Bertz CT molecular complexity index is 490. The lowest BCUT2D eigenvalue weighted by Crippen LogP contribution is -2.37. The van der Waals surface area contributed by atoms with E-state index < -0.39 is 0 Å². The third kappa shape index (κ3) is 6.09. The molecule has 2 heterocycles. The minimum absolute atomic E-state index is 0.275. The van der Waals surface area contributed by atoms with Gasteiger partial charge in [0.15, 0.2) is 0 Å². The lowest BCUT2D eigenvalue weighted by molar-refractivity contribution is 0.0312. The molecular weight excluding hydrogens is 308 g/mol. The summed E-state index contributed by atoms with van der Waals surface area (Å²) in [6, 6.07) is 1.71. The summed E-state index contributed by atoms with van der Waals surface area (Å²) >= 11 is 0. The number of anilines is 1. The summed E-state index contributed by atoms with van der Waals surface area (Å²) in [6.07, 6.45) is 8.04. The molecule has 2 rings (SSSR count). The molecule has 0 aromatic carbocycles. The first-order valence-electron chi connectivity index (χ1n) is 8.84. The third-order valence-corrected chi connectivity index (χ3v) is 3.97. The monoisotopic (exact) mass is 336 g/mol. The molecule has 1 fully saturated rings. The zero-order chi connectivity index (χ0) is 17.0. The van der Waals surface area contributed by atoms with Gasteiger partial charge < -0.3 is 19.1 Å². The van der Waals surface area contributed by atoms with E-state index >= 15 is 0 Å². The molecule has 0 spiro atoms. The van der Waals surface area contributed by atoms with Crippen LogP contribution < -0.4 is 4.90 Å². The summed E-state index contributed by atoms with van der Waals surface area (Å²) in [6.45, 7) is 6.47. The van der Waals surface area contributed by atoms with Crippen LogP contribution in [0.15, 0.2) is 18.5 Å². The number of rotatable bonds is 10. The number of carbonyl (C=O) groups is 1. The van der Waals surface area contributed by atoms with Gasteiger partial charge in [0.2, 0.25) is 0 Å². The highest BCUT2D eigenvalue weighted by Gasteiger charge is 2.19. The van der Waals surface area contributed by atoms with Gasteiger partial charge in [0.1, 0.15) is 6.61 Å². The highest BCUT2D eigenvalue weighted by atomic mass is 16.6. The predicted octanol–water partition coefficient (Wildman–Crippen LogP) is 2.67. The van der Waals surface area contributed by atoms with Crippen LogP contribution in [0.1, 0.15) is 43.0 Å². The Morgan fingerprint density at radius 3 is 2.83 bits per heavy atom. The van der Waals surface area contributed by atoms with Gasteiger partial charge in [-0.25, -0.2) is 4.79 Å². The Morgan fingerprint density at radius 2 is 2.04 bits per heavy atom. The Morgan fingerprint density at radius 1 is 1.21 bits per heavy atom. The number of carbonyl (C=O) groups excluding carboxylic acids is 1. The number of hydrogen-bond donors (Lipinski definition) is 0. The first-order chi connectivity index (χ1) is 11.8. The number of esters is 1. The fourth-order valence-corrected chi connectivity index (χ4v) is 2.62. The van der Waals surface area contributed by atoms with E-state index in [9.17, 15) is 4.79 Å². The molecule has 1 saturated heterocycles. The molecule has 0 unspecified atom stereocenters. The van der Waals surface area contributed by atoms with Crippen LogP contribution in [-0.2, 0) is 14.2 Å². The molecule has 1 aromatic heterocycles. The van der Waals surface area contributed by atoms with Crippen molar-refractivity contribution in [3.05, 3.63) is 24.0 Å². The molecule has 1 aliphatic rings. The normalized spacial score (nSPS) is 14.6. The van der Waals surface area contributed by atoms with E-state index in [1.54, 1.807) is 18.5 Å². The number of nitrogens with zero attached hydrogens (tertiary/aromatic N) is 2. The van der Waals surface area contributed by atoms with Crippen molar-refractivity contribution >= 4 is 11.7 Å². The average molecular weight is 336 g/mol. The third-order valence-electron chi connectivity index (χ3n) is 3.97. The zero-order valence-corrected chi connectivity index (χ0v) is 14.5. The van der Waals surface area contributed by atoms with E-state index in [1.165, 1.54) is 19.3 Å². The van der Waals surface area contributed by atoms with E-state index in [0.717, 1.165) is 31.8 Å². The summed E-state index contributed by atoms with van der Waals surface area (Å²) in [5.41, 5.74) is 1.36. The minimum atomic E-state index is -0.325. The molecule has 1 aromatic rings. The summed E-state index contributed by atoms with van der Waals surface area (Å²) in [5.74, 6) is -0.325. The van der Waals surface area contributed by atoms with Gasteiger partial charge in [-0.05, 0) is 12.5 Å². The second kappa shape index (κ2) is 11.0. The maximum atomic E-state index is 12.3. The van der Waals surface area contributed by atoms with E-state index in [-0.39, 0.29) is 12.6 Å². The van der Waals surface area contributed by atoms with Crippen LogP contribution in [0.3, 0.4) is 0 Å². The molecule has 0 aliphatic carbocycles. The van der Waals surface area contributed by atoms with Gasteiger partial charge in [-0.15, -0.1) is 0 Å². The van der Waals surface area contributed by atoms with Crippen molar-refractivity contribution in [1.29, 1.82) is 0 Å². The number of pyridine rings is 1. The molecule has 0 atom stereocenters. The van der Waals surface area contributed by atoms with Crippen molar-refractivity contribution in [2.45, 2.75) is 32.6 Å². The first-order valence-corrected chi connectivity index (χ1v) is 8.84. The van der Waals surface area contributed by atoms with Crippen LogP contribution in [0.25, 0.3) is 0 Å².